The largest absolute Gasteiger partial charge is 0.302 e. The standard InChI is InChI=1S/C2H5FO2S.5FH/c1-2-6(3,4)5;;;;;/h2H2,1H3;5*1H. The highest BCUT2D eigenvalue weighted by atomic mass is 32.3. The summed E-state index contributed by atoms with van der Waals surface area (Å²) < 4.78 is 29.8. The van der Waals surface area contributed by atoms with Crippen molar-refractivity contribution in [2.75, 3.05) is 5.75 Å². The summed E-state index contributed by atoms with van der Waals surface area (Å²) in [7, 11) is -4.16. The van der Waals surface area contributed by atoms with Gasteiger partial charge in [0.2, 0.25) is 0 Å². The summed E-state index contributed by atoms with van der Waals surface area (Å²) >= 11 is 0. The Bertz CT molecular complexity index is 121. The van der Waals surface area contributed by atoms with E-state index in [4.69, 9.17) is 0 Å². The molecular formula is C2H10F6O2S. The monoisotopic (exact) mass is 212 g/mol. The maximum atomic E-state index is 11.1. The smallest absolute Gasteiger partial charge is 0.269 e. The molecule has 0 rings (SSSR count). The third-order valence-corrected chi connectivity index (χ3v) is 1.03. The van der Waals surface area contributed by atoms with E-state index < -0.39 is 16.0 Å². The van der Waals surface area contributed by atoms with Crippen LogP contribution in [0.3, 0.4) is 0 Å². The first-order valence-electron chi connectivity index (χ1n) is 1.48. The fourth-order valence-electron chi connectivity index (χ4n) is 0. The molecule has 0 atom stereocenters. The Morgan fingerprint density at radius 3 is 1.09 bits per heavy atom. The van der Waals surface area contributed by atoms with Gasteiger partial charge in [-0.15, -0.1) is 3.89 Å². The van der Waals surface area contributed by atoms with Crippen molar-refractivity contribution in [3.8, 4) is 0 Å². The molecule has 0 spiro atoms. The van der Waals surface area contributed by atoms with Crippen LogP contribution < -0.4 is 0 Å². The van der Waals surface area contributed by atoms with Crippen LogP contribution in [0.1, 0.15) is 6.92 Å². The van der Waals surface area contributed by atoms with E-state index >= 15 is 0 Å². The quantitative estimate of drug-likeness (QED) is 0.481. The summed E-state index contributed by atoms with van der Waals surface area (Å²) in [4.78, 5) is 0. The van der Waals surface area contributed by atoms with Crippen LogP contribution in [0.25, 0.3) is 0 Å². The van der Waals surface area contributed by atoms with Gasteiger partial charge in [0.15, 0.2) is 0 Å². The summed E-state index contributed by atoms with van der Waals surface area (Å²) in [6, 6.07) is 0. The van der Waals surface area contributed by atoms with E-state index in [0.29, 0.717) is 0 Å². The third-order valence-electron chi connectivity index (χ3n) is 0.345. The molecule has 0 aliphatic rings. The average molecular weight is 212 g/mol. The Kier molecular flexibility index (Phi) is 68.9. The zero-order chi connectivity index (χ0) is 5.21. The molecule has 0 aromatic heterocycles. The number of hydrogen-bond donors (Lipinski definition) is 0. The molecule has 0 aliphatic heterocycles. The SMILES string of the molecule is CCS(=O)(=O)F.F.F.F.F.F. The van der Waals surface area contributed by atoms with Crippen LogP contribution in [0.5, 0.6) is 0 Å². The third kappa shape index (κ3) is 84.4. The second-order valence-corrected chi connectivity index (χ2v) is 2.48. The molecule has 2 nitrogen and oxygen atoms in total. The van der Waals surface area contributed by atoms with Crippen molar-refractivity contribution in [1.29, 1.82) is 0 Å². The second kappa shape index (κ2) is 16.3. The van der Waals surface area contributed by atoms with Gasteiger partial charge in [0, 0.05) is 0 Å². The summed E-state index contributed by atoms with van der Waals surface area (Å²) in [5.74, 6) is -0.424. The van der Waals surface area contributed by atoms with Gasteiger partial charge in [-0.3, -0.25) is 23.5 Å². The average Bonchev–Trinajstić information content (AvgIpc) is 1.35. The Balaban J connectivity index is -0.0000000125. The van der Waals surface area contributed by atoms with Gasteiger partial charge >= 0.3 is 10.2 Å². The molecule has 11 heavy (non-hydrogen) atoms. The Morgan fingerprint density at radius 1 is 1.00 bits per heavy atom. The van der Waals surface area contributed by atoms with Crippen LogP contribution in [0.4, 0.5) is 27.4 Å². The predicted molar refractivity (Wildman–Crippen MR) is 33.1 cm³/mol. The lowest BCUT2D eigenvalue weighted by atomic mass is 11.0. The molecule has 0 N–H and O–H groups in total. The molecule has 78 valence electrons. The maximum Gasteiger partial charge on any atom is 0.302 e. The van der Waals surface area contributed by atoms with Crippen LogP contribution in [0, 0.1) is 0 Å². The van der Waals surface area contributed by atoms with Gasteiger partial charge < -0.3 is 0 Å². The van der Waals surface area contributed by atoms with E-state index in [0.717, 1.165) is 0 Å². The van der Waals surface area contributed by atoms with Crippen molar-refractivity contribution >= 4 is 10.2 Å². The minimum absolute atomic E-state index is 0. The van der Waals surface area contributed by atoms with Crippen molar-refractivity contribution < 1.29 is 35.8 Å². The summed E-state index contributed by atoms with van der Waals surface area (Å²) in [5.41, 5.74) is 0. The Hall–Kier alpha value is -0.470. The highest BCUT2D eigenvalue weighted by Gasteiger charge is 1.97. The van der Waals surface area contributed by atoms with Crippen molar-refractivity contribution in [1.82, 2.24) is 0 Å². The first-order valence-corrected chi connectivity index (χ1v) is 3.04. The lowest BCUT2D eigenvalue weighted by Crippen LogP contribution is -1.90. The number of rotatable bonds is 1. The summed E-state index contributed by atoms with van der Waals surface area (Å²) in [6.45, 7) is 1.25. The van der Waals surface area contributed by atoms with Crippen LogP contribution >= 0.6 is 0 Å². The summed E-state index contributed by atoms with van der Waals surface area (Å²) in [5, 5.41) is 0. The van der Waals surface area contributed by atoms with Crippen LogP contribution in [0.2, 0.25) is 0 Å². The minimum Gasteiger partial charge on any atom is -0.269 e. The predicted octanol–water partition coefficient (Wildman–Crippen LogP) is 1.07. The first kappa shape index (κ1) is 46.6. The van der Waals surface area contributed by atoms with Gasteiger partial charge in [0.25, 0.3) is 0 Å². The van der Waals surface area contributed by atoms with Crippen LogP contribution in [-0.4, -0.2) is 14.2 Å². The normalized spacial score (nSPS) is 6.36. The topological polar surface area (TPSA) is 34.1 Å². The van der Waals surface area contributed by atoms with Crippen molar-refractivity contribution in [2.24, 2.45) is 0 Å². The van der Waals surface area contributed by atoms with E-state index in [2.05, 4.69) is 0 Å². The van der Waals surface area contributed by atoms with E-state index in [1.165, 1.54) is 6.92 Å². The Labute approximate surface area is 59.8 Å². The summed E-state index contributed by atoms with van der Waals surface area (Å²) in [6.07, 6.45) is 0. The maximum absolute atomic E-state index is 11.1. The van der Waals surface area contributed by atoms with E-state index in [1.807, 2.05) is 0 Å². The molecule has 0 aliphatic carbocycles. The molecule has 0 radical (unpaired) electrons. The fourth-order valence-corrected chi connectivity index (χ4v) is 0. The molecule has 0 saturated heterocycles. The van der Waals surface area contributed by atoms with Gasteiger partial charge in [-0.05, 0) is 6.92 Å². The molecule has 9 heteroatoms. The van der Waals surface area contributed by atoms with E-state index in [1.54, 1.807) is 0 Å². The molecule has 0 aromatic carbocycles. The fraction of sp³-hybridized carbons (Fsp3) is 1.00. The van der Waals surface area contributed by atoms with Crippen molar-refractivity contribution in [2.45, 2.75) is 6.92 Å². The lowest BCUT2D eigenvalue weighted by Gasteiger charge is -1.75. The van der Waals surface area contributed by atoms with Crippen LogP contribution in [-0.2, 0) is 10.2 Å². The van der Waals surface area contributed by atoms with Gasteiger partial charge in [-0.1, -0.05) is 0 Å². The zero-order valence-corrected chi connectivity index (χ0v) is 6.17. The second-order valence-electron chi connectivity index (χ2n) is 0.828. The highest BCUT2D eigenvalue weighted by molar-refractivity contribution is 7.86. The molecule has 0 bridgehead atoms. The molecule has 0 aromatic rings. The zero-order valence-electron chi connectivity index (χ0n) is 5.35. The van der Waals surface area contributed by atoms with Gasteiger partial charge in [0.1, 0.15) is 0 Å². The molecule has 0 amide bonds. The molecule has 0 unspecified atom stereocenters. The molecular weight excluding hydrogens is 202 g/mol. The molecule has 0 saturated carbocycles. The number of halogens is 6. The van der Waals surface area contributed by atoms with Gasteiger partial charge in [0.05, 0.1) is 5.75 Å². The Morgan fingerprint density at radius 2 is 1.09 bits per heavy atom. The van der Waals surface area contributed by atoms with Gasteiger partial charge in [-0.2, -0.15) is 8.42 Å². The molecule has 0 fully saturated rings. The highest BCUT2D eigenvalue weighted by Crippen LogP contribution is 1.85. The van der Waals surface area contributed by atoms with Crippen molar-refractivity contribution in [3.63, 3.8) is 0 Å². The minimum atomic E-state index is -4.16. The van der Waals surface area contributed by atoms with Gasteiger partial charge in [-0.25, -0.2) is 0 Å². The molecule has 0 heterocycles. The van der Waals surface area contributed by atoms with E-state index in [-0.39, 0.29) is 23.5 Å². The first-order chi connectivity index (χ1) is 2.56. The lowest BCUT2D eigenvalue weighted by molar-refractivity contribution is 0.553. The van der Waals surface area contributed by atoms with E-state index in [9.17, 15) is 12.3 Å². The van der Waals surface area contributed by atoms with Crippen LogP contribution in [0.15, 0.2) is 0 Å². The number of hydrogen-bond acceptors (Lipinski definition) is 2. The van der Waals surface area contributed by atoms with Crippen molar-refractivity contribution in [3.05, 3.63) is 0 Å².